The molecule has 0 fully saturated rings. The number of nitrogens with zero attached hydrogens (tertiary/aromatic N) is 4. The van der Waals surface area contributed by atoms with Gasteiger partial charge in [-0.2, -0.15) is 0 Å². The molecule has 0 amide bonds. The first-order chi connectivity index (χ1) is 11.6. The van der Waals surface area contributed by atoms with Crippen LogP contribution in [-0.2, 0) is 19.5 Å². The number of benzene rings is 1. The number of nitrogens with one attached hydrogen (secondary N) is 2. The number of aromatic nitrogens is 3. The van der Waals surface area contributed by atoms with Crippen molar-refractivity contribution in [3.8, 4) is 0 Å². The molecular formula is C16H22BrFN6. The third-order valence-corrected chi connectivity index (χ3v) is 3.92. The summed E-state index contributed by atoms with van der Waals surface area (Å²) in [4.78, 5) is 4.43. The Hall–Kier alpha value is -1.96. The third-order valence-electron chi connectivity index (χ3n) is 3.42. The second-order valence-corrected chi connectivity index (χ2v) is 6.07. The molecule has 24 heavy (non-hydrogen) atoms. The standard InChI is InChI=1S/C16H22BrFN6/c1-3-15-23-22-11-24(15)8-7-20-16(19-4-2)21-10-12-5-6-13(17)9-14(12)18/h5-6,9,11H,3-4,7-8,10H2,1-2H3,(H2,19,20,21). The molecule has 0 spiro atoms. The Morgan fingerprint density at radius 2 is 2.17 bits per heavy atom. The zero-order valence-electron chi connectivity index (χ0n) is 13.9. The van der Waals surface area contributed by atoms with E-state index in [1.165, 1.54) is 6.07 Å². The maximum Gasteiger partial charge on any atom is 0.191 e. The van der Waals surface area contributed by atoms with Gasteiger partial charge in [0.05, 0.1) is 6.54 Å². The van der Waals surface area contributed by atoms with Crippen molar-refractivity contribution in [2.24, 2.45) is 4.99 Å². The monoisotopic (exact) mass is 396 g/mol. The molecule has 0 aliphatic rings. The molecule has 0 bridgehead atoms. The van der Waals surface area contributed by atoms with E-state index in [0.717, 1.165) is 29.8 Å². The van der Waals surface area contributed by atoms with Crippen LogP contribution in [0.3, 0.4) is 0 Å². The van der Waals surface area contributed by atoms with E-state index in [2.05, 4.69) is 41.8 Å². The number of halogens is 2. The molecule has 0 unspecified atom stereocenters. The minimum Gasteiger partial charge on any atom is -0.357 e. The number of hydrogen-bond donors (Lipinski definition) is 2. The van der Waals surface area contributed by atoms with Gasteiger partial charge in [-0.15, -0.1) is 10.2 Å². The minimum absolute atomic E-state index is 0.263. The van der Waals surface area contributed by atoms with Gasteiger partial charge in [0.1, 0.15) is 18.0 Å². The Morgan fingerprint density at radius 1 is 1.33 bits per heavy atom. The van der Waals surface area contributed by atoms with E-state index in [1.807, 2.05) is 24.5 Å². The van der Waals surface area contributed by atoms with Gasteiger partial charge < -0.3 is 15.2 Å². The first-order valence-corrected chi connectivity index (χ1v) is 8.76. The van der Waals surface area contributed by atoms with Crippen molar-refractivity contribution >= 4 is 21.9 Å². The first kappa shape index (κ1) is 18.4. The van der Waals surface area contributed by atoms with Gasteiger partial charge in [-0.3, -0.25) is 0 Å². The van der Waals surface area contributed by atoms with Crippen LogP contribution in [0.4, 0.5) is 4.39 Å². The van der Waals surface area contributed by atoms with Crippen LogP contribution in [0.25, 0.3) is 0 Å². The quantitative estimate of drug-likeness (QED) is 0.557. The molecule has 0 saturated carbocycles. The fraction of sp³-hybridized carbons (Fsp3) is 0.438. The van der Waals surface area contributed by atoms with Crippen molar-refractivity contribution in [3.63, 3.8) is 0 Å². The first-order valence-electron chi connectivity index (χ1n) is 7.96. The molecule has 0 saturated heterocycles. The fourth-order valence-corrected chi connectivity index (χ4v) is 2.52. The van der Waals surface area contributed by atoms with Gasteiger partial charge in [0.2, 0.25) is 0 Å². The predicted octanol–water partition coefficient (Wildman–Crippen LogP) is 2.50. The molecule has 1 aromatic heterocycles. The number of guanidine groups is 1. The molecular weight excluding hydrogens is 375 g/mol. The van der Waals surface area contributed by atoms with Crippen molar-refractivity contribution in [2.75, 3.05) is 13.1 Å². The van der Waals surface area contributed by atoms with Crippen molar-refractivity contribution in [3.05, 3.63) is 46.2 Å². The van der Waals surface area contributed by atoms with Gasteiger partial charge >= 0.3 is 0 Å². The molecule has 1 aromatic carbocycles. The lowest BCUT2D eigenvalue weighted by atomic mass is 10.2. The minimum atomic E-state index is -0.263. The van der Waals surface area contributed by atoms with Crippen LogP contribution in [0, 0.1) is 5.82 Å². The Morgan fingerprint density at radius 3 is 2.88 bits per heavy atom. The zero-order valence-corrected chi connectivity index (χ0v) is 15.5. The number of hydrogen-bond acceptors (Lipinski definition) is 3. The lowest BCUT2D eigenvalue weighted by Gasteiger charge is -2.12. The number of rotatable bonds is 7. The average molecular weight is 397 g/mol. The van der Waals surface area contributed by atoms with Crippen molar-refractivity contribution < 1.29 is 4.39 Å². The van der Waals surface area contributed by atoms with Gasteiger partial charge in [-0.25, -0.2) is 9.38 Å². The zero-order chi connectivity index (χ0) is 17.4. The van der Waals surface area contributed by atoms with Gasteiger partial charge in [0.25, 0.3) is 0 Å². The summed E-state index contributed by atoms with van der Waals surface area (Å²) in [5.74, 6) is 1.35. The predicted molar refractivity (Wildman–Crippen MR) is 96.3 cm³/mol. The van der Waals surface area contributed by atoms with Crippen molar-refractivity contribution in [2.45, 2.75) is 33.4 Å². The highest BCUT2D eigenvalue weighted by Gasteiger charge is 2.04. The summed E-state index contributed by atoms with van der Waals surface area (Å²) in [7, 11) is 0. The summed E-state index contributed by atoms with van der Waals surface area (Å²) in [6.07, 6.45) is 2.57. The summed E-state index contributed by atoms with van der Waals surface area (Å²) < 4.78 is 16.6. The topological polar surface area (TPSA) is 67.1 Å². The lowest BCUT2D eigenvalue weighted by molar-refractivity contribution is 0.608. The maximum absolute atomic E-state index is 13.9. The largest absolute Gasteiger partial charge is 0.357 e. The van der Waals surface area contributed by atoms with Gasteiger partial charge in [0.15, 0.2) is 5.96 Å². The smallest absolute Gasteiger partial charge is 0.191 e. The lowest BCUT2D eigenvalue weighted by Crippen LogP contribution is -2.39. The van der Waals surface area contributed by atoms with Crippen LogP contribution < -0.4 is 10.6 Å². The summed E-state index contributed by atoms with van der Waals surface area (Å²) in [6.45, 7) is 6.48. The SMILES string of the molecule is CCNC(=NCc1ccc(Br)cc1F)NCCn1cnnc1CC. The fourth-order valence-electron chi connectivity index (χ4n) is 2.19. The van der Waals surface area contributed by atoms with Crippen LogP contribution >= 0.6 is 15.9 Å². The summed E-state index contributed by atoms with van der Waals surface area (Å²) >= 11 is 3.25. The summed E-state index contributed by atoms with van der Waals surface area (Å²) in [5.41, 5.74) is 0.558. The van der Waals surface area contributed by atoms with Crippen LogP contribution in [-0.4, -0.2) is 33.8 Å². The summed E-state index contributed by atoms with van der Waals surface area (Å²) in [6, 6.07) is 4.99. The average Bonchev–Trinajstić information content (AvgIpc) is 3.01. The Kier molecular flexibility index (Phi) is 7.17. The molecule has 130 valence electrons. The summed E-state index contributed by atoms with van der Waals surface area (Å²) in [5, 5.41) is 14.4. The van der Waals surface area contributed by atoms with Gasteiger partial charge in [-0.05, 0) is 19.1 Å². The van der Waals surface area contributed by atoms with E-state index < -0.39 is 0 Å². The Balaban J connectivity index is 1.93. The van der Waals surface area contributed by atoms with Crippen LogP contribution in [0.1, 0.15) is 25.2 Å². The van der Waals surface area contributed by atoms with Crippen LogP contribution in [0.5, 0.6) is 0 Å². The highest BCUT2D eigenvalue weighted by atomic mass is 79.9. The second kappa shape index (κ2) is 9.36. The molecule has 8 heteroatoms. The molecule has 2 aromatic rings. The van der Waals surface area contributed by atoms with E-state index in [4.69, 9.17) is 0 Å². The van der Waals surface area contributed by atoms with E-state index in [0.29, 0.717) is 18.1 Å². The van der Waals surface area contributed by atoms with E-state index in [-0.39, 0.29) is 12.4 Å². The second-order valence-electron chi connectivity index (χ2n) is 5.15. The Labute approximate surface area is 149 Å². The van der Waals surface area contributed by atoms with Gasteiger partial charge in [-0.1, -0.05) is 28.9 Å². The number of aryl methyl sites for hydroxylation is 1. The van der Waals surface area contributed by atoms with E-state index in [9.17, 15) is 4.39 Å². The highest BCUT2D eigenvalue weighted by Crippen LogP contribution is 2.15. The van der Waals surface area contributed by atoms with Crippen LogP contribution in [0.2, 0.25) is 0 Å². The maximum atomic E-state index is 13.9. The molecule has 0 atom stereocenters. The molecule has 2 rings (SSSR count). The van der Waals surface area contributed by atoms with E-state index in [1.54, 1.807) is 12.4 Å². The molecule has 0 aliphatic carbocycles. The molecule has 2 N–H and O–H groups in total. The molecule has 1 heterocycles. The van der Waals surface area contributed by atoms with Crippen molar-refractivity contribution in [1.82, 2.24) is 25.4 Å². The van der Waals surface area contributed by atoms with Crippen LogP contribution in [0.15, 0.2) is 34.0 Å². The Bertz CT molecular complexity index is 685. The normalized spacial score (nSPS) is 11.6. The molecule has 6 nitrogen and oxygen atoms in total. The number of aliphatic imine (C=N–C) groups is 1. The van der Waals surface area contributed by atoms with Crippen molar-refractivity contribution in [1.29, 1.82) is 0 Å². The van der Waals surface area contributed by atoms with Gasteiger partial charge in [0, 0.05) is 36.1 Å². The molecule has 0 aliphatic heterocycles. The highest BCUT2D eigenvalue weighted by molar-refractivity contribution is 9.10. The molecule has 0 radical (unpaired) electrons. The van der Waals surface area contributed by atoms with E-state index >= 15 is 0 Å². The third kappa shape index (κ3) is 5.30.